The van der Waals surface area contributed by atoms with Crippen molar-refractivity contribution in [3.05, 3.63) is 0 Å². The quantitative estimate of drug-likeness (QED) is 0.730. The third kappa shape index (κ3) is 3.82. The van der Waals surface area contributed by atoms with E-state index in [0.717, 1.165) is 0 Å². The van der Waals surface area contributed by atoms with Crippen LogP contribution in [0.25, 0.3) is 0 Å². The van der Waals surface area contributed by atoms with Gasteiger partial charge in [0.2, 0.25) is 0 Å². The molecule has 1 aliphatic carbocycles. The van der Waals surface area contributed by atoms with E-state index < -0.39 is 18.6 Å². The van der Waals surface area contributed by atoms with Crippen LogP contribution in [0.1, 0.15) is 12.8 Å². The highest BCUT2D eigenvalue weighted by Crippen LogP contribution is 2.34. The van der Waals surface area contributed by atoms with Gasteiger partial charge < -0.3 is 9.84 Å². The summed E-state index contributed by atoms with van der Waals surface area (Å²) in [7, 11) is 0. The fraction of sp³-hybridized carbons (Fsp3) is 0.857. The largest absolute Gasteiger partial charge is 0.522 e. The van der Waals surface area contributed by atoms with Gasteiger partial charge in [-0.15, -0.1) is 13.2 Å². The molecule has 0 heterocycles. The first-order chi connectivity index (χ1) is 6.37. The van der Waals surface area contributed by atoms with E-state index in [2.05, 4.69) is 9.47 Å². The zero-order valence-corrected chi connectivity index (χ0v) is 7.08. The first kappa shape index (κ1) is 11.1. The van der Waals surface area contributed by atoms with Crippen molar-refractivity contribution in [2.24, 2.45) is 5.92 Å². The summed E-state index contributed by atoms with van der Waals surface area (Å²) in [5.74, 6) is -0.154. The fourth-order valence-electron chi connectivity index (χ4n) is 1.28. The van der Waals surface area contributed by atoms with Crippen LogP contribution in [0.3, 0.4) is 0 Å². The van der Waals surface area contributed by atoms with E-state index in [-0.39, 0.29) is 25.4 Å². The van der Waals surface area contributed by atoms with Crippen molar-refractivity contribution in [3.8, 4) is 0 Å². The molecule has 1 rings (SSSR count). The highest BCUT2D eigenvalue weighted by molar-refractivity contribution is 5.56. The van der Waals surface area contributed by atoms with Crippen molar-refractivity contribution < 1.29 is 32.5 Å². The van der Waals surface area contributed by atoms with Crippen LogP contribution in [0.2, 0.25) is 0 Å². The molecule has 1 fully saturated rings. The molecule has 0 unspecified atom stereocenters. The van der Waals surface area contributed by atoms with Gasteiger partial charge in [-0.2, -0.15) is 0 Å². The van der Waals surface area contributed by atoms with E-state index >= 15 is 0 Å². The number of alkyl halides is 3. The molecule has 0 spiro atoms. The van der Waals surface area contributed by atoms with Crippen LogP contribution in [-0.4, -0.2) is 30.3 Å². The molecular formula is C7H9F3O4. The number of ether oxygens (including phenoxy) is 2. The number of rotatable bonds is 3. The standard InChI is InChI=1S/C7H9F3O4/c8-7(9,10)14-5-1-4(2-5)3-13-6(11)12/h4-5H,1-3H2,(H,11,12). The number of halogens is 3. The second-order valence-electron chi connectivity index (χ2n) is 3.10. The molecule has 0 atom stereocenters. The van der Waals surface area contributed by atoms with Crippen LogP contribution in [-0.2, 0) is 9.47 Å². The van der Waals surface area contributed by atoms with Crippen molar-refractivity contribution in [3.63, 3.8) is 0 Å². The summed E-state index contributed by atoms with van der Waals surface area (Å²) < 4.78 is 42.8. The predicted octanol–water partition coefficient (Wildman–Crippen LogP) is 2.00. The summed E-state index contributed by atoms with van der Waals surface area (Å²) in [6.07, 6.45) is -6.49. The van der Waals surface area contributed by atoms with E-state index in [0.29, 0.717) is 0 Å². The van der Waals surface area contributed by atoms with Crippen molar-refractivity contribution in [2.75, 3.05) is 6.61 Å². The fourth-order valence-corrected chi connectivity index (χ4v) is 1.28. The van der Waals surface area contributed by atoms with Crippen LogP contribution in [0, 0.1) is 5.92 Å². The van der Waals surface area contributed by atoms with Gasteiger partial charge in [-0.1, -0.05) is 0 Å². The lowest BCUT2D eigenvalue weighted by molar-refractivity contribution is -0.354. The molecule has 0 aromatic heterocycles. The highest BCUT2D eigenvalue weighted by atomic mass is 19.4. The minimum Gasteiger partial charge on any atom is -0.450 e. The van der Waals surface area contributed by atoms with Gasteiger partial charge in [0, 0.05) is 0 Å². The van der Waals surface area contributed by atoms with E-state index in [1.807, 2.05) is 0 Å². The van der Waals surface area contributed by atoms with Crippen LogP contribution in [0.4, 0.5) is 18.0 Å². The number of carbonyl (C=O) groups is 1. The van der Waals surface area contributed by atoms with E-state index in [4.69, 9.17) is 5.11 Å². The normalized spacial score (nSPS) is 26.8. The molecule has 4 nitrogen and oxygen atoms in total. The maximum Gasteiger partial charge on any atom is 0.522 e. The van der Waals surface area contributed by atoms with Gasteiger partial charge in [-0.05, 0) is 18.8 Å². The molecular weight excluding hydrogens is 205 g/mol. The van der Waals surface area contributed by atoms with Crippen LogP contribution in [0.5, 0.6) is 0 Å². The first-order valence-electron chi connectivity index (χ1n) is 3.97. The van der Waals surface area contributed by atoms with Gasteiger partial charge in [-0.3, -0.25) is 4.74 Å². The molecule has 0 bridgehead atoms. The smallest absolute Gasteiger partial charge is 0.450 e. The molecule has 1 N–H and O–H groups in total. The minimum atomic E-state index is -4.61. The van der Waals surface area contributed by atoms with Crippen LogP contribution < -0.4 is 0 Å². The molecule has 7 heteroatoms. The van der Waals surface area contributed by atoms with Crippen LogP contribution in [0.15, 0.2) is 0 Å². The van der Waals surface area contributed by atoms with Gasteiger partial charge in [0.1, 0.15) is 0 Å². The molecule has 0 aliphatic heterocycles. The molecule has 1 aliphatic rings. The van der Waals surface area contributed by atoms with Gasteiger partial charge >= 0.3 is 12.5 Å². The van der Waals surface area contributed by atoms with Crippen molar-refractivity contribution in [2.45, 2.75) is 25.3 Å². The molecule has 1 saturated carbocycles. The Morgan fingerprint density at radius 1 is 1.43 bits per heavy atom. The second kappa shape index (κ2) is 4.04. The maximum atomic E-state index is 11.6. The lowest BCUT2D eigenvalue weighted by atomic mass is 9.83. The monoisotopic (exact) mass is 214 g/mol. The Hall–Kier alpha value is -0.980. The molecule has 0 aromatic carbocycles. The molecule has 0 radical (unpaired) electrons. The first-order valence-corrected chi connectivity index (χ1v) is 3.97. The predicted molar refractivity (Wildman–Crippen MR) is 37.6 cm³/mol. The maximum absolute atomic E-state index is 11.6. The van der Waals surface area contributed by atoms with Gasteiger partial charge in [0.25, 0.3) is 0 Å². The SMILES string of the molecule is O=C(O)OCC1CC(OC(F)(F)F)C1. The summed E-state index contributed by atoms with van der Waals surface area (Å²) in [5, 5.41) is 8.10. The van der Waals surface area contributed by atoms with Crippen molar-refractivity contribution >= 4 is 6.16 Å². The van der Waals surface area contributed by atoms with Gasteiger partial charge in [0.05, 0.1) is 12.7 Å². The summed E-state index contributed by atoms with van der Waals surface area (Å²) in [4.78, 5) is 9.92. The summed E-state index contributed by atoms with van der Waals surface area (Å²) >= 11 is 0. The Morgan fingerprint density at radius 2 is 2.00 bits per heavy atom. The van der Waals surface area contributed by atoms with Gasteiger partial charge in [0.15, 0.2) is 0 Å². The Morgan fingerprint density at radius 3 is 2.43 bits per heavy atom. The molecule has 0 amide bonds. The molecule has 14 heavy (non-hydrogen) atoms. The zero-order chi connectivity index (χ0) is 10.8. The zero-order valence-electron chi connectivity index (χ0n) is 7.08. The number of carboxylic acid groups (broad SMARTS) is 1. The minimum absolute atomic E-state index is 0.0624. The highest BCUT2D eigenvalue weighted by Gasteiger charge is 2.40. The number of hydrogen-bond acceptors (Lipinski definition) is 3. The summed E-state index contributed by atoms with van der Waals surface area (Å²) in [6.45, 7) is -0.0624. The molecule has 0 saturated heterocycles. The third-order valence-electron chi connectivity index (χ3n) is 1.94. The Balaban J connectivity index is 2.09. The van der Waals surface area contributed by atoms with Crippen LogP contribution >= 0.6 is 0 Å². The van der Waals surface area contributed by atoms with Gasteiger partial charge in [-0.25, -0.2) is 4.79 Å². The van der Waals surface area contributed by atoms with Crippen molar-refractivity contribution in [1.82, 2.24) is 0 Å². The van der Waals surface area contributed by atoms with E-state index in [1.54, 1.807) is 0 Å². The Bertz CT molecular complexity index is 209. The number of hydrogen-bond donors (Lipinski definition) is 1. The van der Waals surface area contributed by atoms with E-state index in [1.165, 1.54) is 0 Å². The molecule has 82 valence electrons. The lowest BCUT2D eigenvalue weighted by Crippen LogP contribution is -2.38. The topological polar surface area (TPSA) is 55.8 Å². The third-order valence-corrected chi connectivity index (χ3v) is 1.94. The van der Waals surface area contributed by atoms with Crippen molar-refractivity contribution in [1.29, 1.82) is 0 Å². The summed E-state index contributed by atoms with van der Waals surface area (Å²) in [6, 6.07) is 0. The lowest BCUT2D eigenvalue weighted by Gasteiger charge is -2.34. The van der Waals surface area contributed by atoms with E-state index in [9.17, 15) is 18.0 Å². The second-order valence-corrected chi connectivity index (χ2v) is 3.10. The average Bonchev–Trinajstić information content (AvgIpc) is 1.90. The average molecular weight is 214 g/mol. The Kier molecular flexibility index (Phi) is 3.20. The Labute approximate surface area is 77.6 Å². The molecule has 0 aromatic rings. The summed E-state index contributed by atoms with van der Waals surface area (Å²) in [5.41, 5.74) is 0.